The molecule has 7 nitrogen and oxygen atoms in total. The average Bonchev–Trinajstić information content (AvgIpc) is 2.86. The number of aryl methyl sites for hydroxylation is 2. The van der Waals surface area contributed by atoms with Crippen LogP contribution in [-0.4, -0.2) is 15.0 Å². The number of imidazole rings is 1. The number of hydrazine groups is 1. The van der Waals surface area contributed by atoms with Gasteiger partial charge in [0.15, 0.2) is 0 Å². The average molecular weight is 250 g/mol. The number of furan rings is 1. The first-order valence-corrected chi connectivity index (χ1v) is 5.35. The highest BCUT2D eigenvalue weighted by atomic mass is 16.3. The lowest BCUT2D eigenvalue weighted by Gasteiger charge is -1.96. The van der Waals surface area contributed by atoms with E-state index in [0.717, 1.165) is 0 Å². The van der Waals surface area contributed by atoms with Crippen molar-refractivity contribution < 1.29 is 9.21 Å². The molecule has 0 saturated heterocycles. The summed E-state index contributed by atoms with van der Waals surface area (Å²) in [6.45, 7) is 1.94. The van der Waals surface area contributed by atoms with Crippen LogP contribution in [0.2, 0.25) is 0 Å². The van der Waals surface area contributed by atoms with Crippen LogP contribution in [0.3, 0.4) is 0 Å². The molecule has 3 N–H and O–H groups in total. The molecule has 0 aliphatic rings. The number of carbonyl (C=O) groups is 1. The number of rotatable bonds is 3. The Labute approximate surface area is 103 Å². The van der Waals surface area contributed by atoms with Gasteiger partial charge >= 0.3 is 5.69 Å². The maximum absolute atomic E-state index is 11.6. The molecule has 2 aromatic rings. The number of nitrogen functional groups attached to an aromatic ring is 1. The summed E-state index contributed by atoms with van der Waals surface area (Å²) in [7, 11) is 1.67. The first-order chi connectivity index (χ1) is 8.52. The molecule has 7 heteroatoms. The summed E-state index contributed by atoms with van der Waals surface area (Å²) >= 11 is 0. The molecule has 0 radical (unpaired) electrons. The van der Waals surface area contributed by atoms with E-state index < -0.39 is 5.91 Å². The van der Waals surface area contributed by atoms with Gasteiger partial charge in [0.2, 0.25) is 0 Å². The Hall–Kier alpha value is -2.28. The number of hydrogen-bond acceptors (Lipinski definition) is 4. The quantitative estimate of drug-likeness (QED) is 0.445. The molecule has 1 amide bonds. The van der Waals surface area contributed by atoms with Gasteiger partial charge < -0.3 is 8.98 Å². The van der Waals surface area contributed by atoms with E-state index in [0.29, 0.717) is 17.1 Å². The van der Waals surface area contributed by atoms with Gasteiger partial charge in [-0.3, -0.25) is 14.8 Å². The second kappa shape index (κ2) is 4.53. The number of nitrogens with zero attached hydrogens (tertiary/aromatic N) is 2. The van der Waals surface area contributed by atoms with Crippen LogP contribution in [-0.2, 0) is 13.6 Å². The molecule has 0 spiro atoms. The third-order valence-corrected chi connectivity index (χ3v) is 2.69. The Morgan fingerprint density at radius 2 is 2.22 bits per heavy atom. The Morgan fingerprint density at radius 3 is 2.78 bits per heavy atom. The van der Waals surface area contributed by atoms with E-state index in [2.05, 4.69) is 0 Å². The van der Waals surface area contributed by atoms with Gasteiger partial charge in [-0.25, -0.2) is 10.6 Å². The summed E-state index contributed by atoms with van der Waals surface area (Å²) in [6.07, 6.45) is 3.31. The summed E-state index contributed by atoms with van der Waals surface area (Å²) in [5, 5.41) is 0. The van der Waals surface area contributed by atoms with E-state index >= 15 is 0 Å². The molecular formula is C11H14N4O3. The van der Waals surface area contributed by atoms with Crippen molar-refractivity contribution in [3.63, 3.8) is 0 Å². The van der Waals surface area contributed by atoms with Gasteiger partial charge in [0, 0.05) is 19.4 Å². The normalized spacial score (nSPS) is 10.6. The van der Waals surface area contributed by atoms with E-state index in [1.54, 1.807) is 32.4 Å². The summed E-state index contributed by atoms with van der Waals surface area (Å²) < 4.78 is 8.37. The Morgan fingerprint density at radius 1 is 1.50 bits per heavy atom. The minimum absolute atomic E-state index is 0.145. The molecule has 2 heterocycles. The number of carbonyl (C=O) groups excluding carboxylic acids is 1. The summed E-state index contributed by atoms with van der Waals surface area (Å²) in [5.74, 6) is 5.65. The van der Waals surface area contributed by atoms with Crippen LogP contribution < -0.4 is 17.0 Å². The highest BCUT2D eigenvalue weighted by molar-refractivity contribution is 5.94. The molecule has 0 bridgehead atoms. The van der Waals surface area contributed by atoms with Crippen LogP contribution in [0, 0.1) is 6.92 Å². The van der Waals surface area contributed by atoms with Gasteiger partial charge in [-0.05, 0) is 13.0 Å². The first-order valence-electron chi connectivity index (χ1n) is 5.35. The van der Waals surface area contributed by atoms with Crippen LogP contribution in [0.1, 0.15) is 21.9 Å². The fraction of sp³-hybridized carbons (Fsp3) is 0.273. The molecule has 0 aromatic carbocycles. The van der Waals surface area contributed by atoms with Gasteiger partial charge in [0.05, 0.1) is 12.1 Å². The first kappa shape index (κ1) is 12.2. The van der Waals surface area contributed by atoms with Gasteiger partial charge in [-0.15, -0.1) is 0 Å². The van der Waals surface area contributed by atoms with E-state index in [-0.39, 0.29) is 12.2 Å². The Balaban J connectivity index is 2.28. The highest BCUT2D eigenvalue weighted by Crippen LogP contribution is 2.15. The number of amides is 1. The van der Waals surface area contributed by atoms with Crippen LogP contribution in [0.5, 0.6) is 0 Å². The minimum Gasteiger partial charge on any atom is -0.464 e. The molecule has 0 aliphatic carbocycles. The number of hydrogen-bond donors (Lipinski definition) is 2. The Bertz CT molecular complexity index is 635. The molecule has 0 unspecified atom stereocenters. The van der Waals surface area contributed by atoms with Crippen molar-refractivity contribution in [1.82, 2.24) is 14.6 Å². The van der Waals surface area contributed by atoms with Crippen molar-refractivity contribution in [3.8, 4) is 0 Å². The zero-order valence-corrected chi connectivity index (χ0v) is 10.1. The molecule has 18 heavy (non-hydrogen) atoms. The summed E-state index contributed by atoms with van der Waals surface area (Å²) in [4.78, 5) is 23.0. The minimum atomic E-state index is -0.414. The second-order valence-electron chi connectivity index (χ2n) is 3.98. The maximum atomic E-state index is 11.6. The number of aromatic nitrogens is 2. The Kier molecular flexibility index (Phi) is 3.07. The van der Waals surface area contributed by atoms with Gasteiger partial charge in [0.25, 0.3) is 5.91 Å². The van der Waals surface area contributed by atoms with Gasteiger partial charge in [-0.1, -0.05) is 0 Å². The highest BCUT2D eigenvalue weighted by Gasteiger charge is 2.14. The molecule has 0 atom stereocenters. The zero-order valence-electron chi connectivity index (χ0n) is 10.1. The molecule has 0 saturated carbocycles. The molecule has 2 aromatic heterocycles. The third kappa shape index (κ3) is 2.07. The zero-order chi connectivity index (χ0) is 13.3. The van der Waals surface area contributed by atoms with Crippen LogP contribution in [0.25, 0.3) is 0 Å². The molecule has 96 valence electrons. The third-order valence-electron chi connectivity index (χ3n) is 2.69. The van der Waals surface area contributed by atoms with Crippen molar-refractivity contribution in [2.75, 3.05) is 0 Å². The topological polar surface area (TPSA) is 95.2 Å². The predicted molar refractivity (Wildman–Crippen MR) is 63.9 cm³/mol. The lowest BCUT2D eigenvalue weighted by molar-refractivity contribution is 0.0952. The van der Waals surface area contributed by atoms with E-state index in [4.69, 9.17) is 10.3 Å². The van der Waals surface area contributed by atoms with Crippen LogP contribution >= 0.6 is 0 Å². The number of nitrogens with one attached hydrogen (secondary N) is 1. The van der Waals surface area contributed by atoms with Crippen LogP contribution in [0.15, 0.2) is 27.7 Å². The summed E-state index contributed by atoms with van der Waals surface area (Å²) in [5.41, 5.74) is 2.27. The molecular weight excluding hydrogens is 236 g/mol. The lowest BCUT2D eigenvalue weighted by atomic mass is 10.2. The molecule has 0 fully saturated rings. The van der Waals surface area contributed by atoms with Crippen molar-refractivity contribution >= 4 is 5.91 Å². The summed E-state index contributed by atoms with van der Waals surface area (Å²) in [6, 6.07) is 1.58. The van der Waals surface area contributed by atoms with E-state index in [9.17, 15) is 9.59 Å². The molecule has 2 rings (SSSR count). The molecule has 0 aliphatic heterocycles. The second-order valence-corrected chi connectivity index (χ2v) is 3.98. The van der Waals surface area contributed by atoms with Gasteiger partial charge in [-0.2, -0.15) is 0 Å². The fourth-order valence-corrected chi connectivity index (χ4v) is 1.72. The standard InChI is InChI=1S/C11H14N4O3/c1-7-9(10(16)13-12)5-8(18-7)6-15-4-3-14(2)11(15)17/h3-5H,6,12H2,1-2H3,(H,13,16). The van der Waals surface area contributed by atoms with Crippen molar-refractivity contribution in [2.24, 2.45) is 12.9 Å². The van der Waals surface area contributed by atoms with E-state index in [1.165, 1.54) is 9.13 Å². The van der Waals surface area contributed by atoms with Crippen molar-refractivity contribution in [1.29, 1.82) is 0 Å². The fourth-order valence-electron chi connectivity index (χ4n) is 1.72. The SMILES string of the molecule is Cc1oc(Cn2ccn(C)c2=O)cc1C(=O)NN. The predicted octanol–water partition coefficient (Wildman–Crippen LogP) is -0.260. The largest absolute Gasteiger partial charge is 0.464 e. The van der Waals surface area contributed by atoms with E-state index in [1.807, 2.05) is 5.43 Å². The smallest absolute Gasteiger partial charge is 0.328 e. The van der Waals surface area contributed by atoms with Crippen molar-refractivity contribution in [3.05, 3.63) is 46.0 Å². The lowest BCUT2D eigenvalue weighted by Crippen LogP contribution is -2.30. The van der Waals surface area contributed by atoms with Gasteiger partial charge in [0.1, 0.15) is 11.5 Å². The maximum Gasteiger partial charge on any atom is 0.328 e. The van der Waals surface area contributed by atoms with Crippen molar-refractivity contribution in [2.45, 2.75) is 13.5 Å². The monoisotopic (exact) mass is 250 g/mol. The number of nitrogens with two attached hydrogens (primary N) is 1. The van der Waals surface area contributed by atoms with Crippen LogP contribution in [0.4, 0.5) is 0 Å².